The van der Waals surface area contributed by atoms with Crippen molar-refractivity contribution in [2.75, 3.05) is 26.9 Å². The van der Waals surface area contributed by atoms with E-state index < -0.39 is 0 Å². The molecule has 19 heavy (non-hydrogen) atoms. The SMILES string of the molecule is CCC(C)(OC)C(NN)C1CCOC2(CCOC2)C1. The average Bonchev–Trinajstić information content (AvgIpc) is 2.87. The second-order valence-electron chi connectivity index (χ2n) is 6.10. The van der Waals surface area contributed by atoms with Crippen LogP contribution in [0.4, 0.5) is 0 Å². The molecule has 2 aliphatic heterocycles. The van der Waals surface area contributed by atoms with Crippen LogP contribution in [0, 0.1) is 5.92 Å². The standard InChI is InChI=1S/C14H28N2O3/c1-4-13(2,17-3)12(16-15)11-5-7-19-14(9-11)6-8-18-10-14/h11-12,16H,4-10,15H2,1-3H3. The third kappa shape index (κ3) is 2.95. The first kappa shape index (κ1) is 15.2. The van der Waals surface area contributed by atoms with Gasteiger partial charge >= 0.3 is 0 Å². The molecule has 5 nitrogen and oxygen atoms in total. The molecule has 0 amide bonds. The summed E-state index contributed by atoms with van der Waals surface area (Å²) in [5.74, 6) is 6.29. The average molecular weight is 272 g/mol. The summed E-state index contributed by atoms with van der Waals surface area (Å²) in [6.45, 7) is 6.58. The van der Waals surface area contributed by atoms with Gasteiger partial charge in [-0.3, -0.25) is 11.3 Å². The van der Waals surface area contributed by atoms with E-state index in [1.165, 1.54) is 0 Å². The van der Waals surface area contributed by atoms with Gasteiger partial charge in [-0.15, -0.1) is 0 Å². The predicted octanol–water partition coefficient (Wildman–Crippen LogP) is 1.22. The predicted molar refractivity (Wildman–Crippen MR) is 73.7 cm³/mol. The highest BCUT2D eigenvalue weighted by molar-refractivity contribution is 4.99. The number of hydrogen-bond donors (Lipinski definition) is 2. The van der Waals surface area contributed by atoms with Crippen LogP contribution in [-0.4, -0.2) is 44.2 Å². The van der Waals surface area contributed by atoms with Gasteiger partial charge < -0.3 is 14.2 Å². The van der Waals surface area contributed by atoms with Gasteiger partial charge in [0.1, 0.15) is 0 Å². The second kappa shape index (κ2) is 6.06. The van der Waals surface area contributed by atoms with Crippen molar-refractivity contribution >= 4 is 0 Å². The molecule has 2 rings (SSSR count). The van der Waals surface area contributed by atoms with Gasteiger partial charge in [0.25, 0.3) is 0 Å². The Morgan fingerprint density at radius 3 is 2.84 bits per heavy atom. The third-order valence-corrected chi connectivity index (χ3v) is 5.08. The van der Waals surface area contributed by atoms with Crippen LogP contribution >= 0.6 is 0 Å². The lowest BCUT2D eigenvalue weighted by Crippen LogP contribution is -2.59. The molecule has 0 aromatic rings. The van der Waals surface area contributed by atoms with Crippen LogP contribution < -0.4 is 11.3 Å². The molecule has 0 aromatic heterocycles. The van der Waals surface area contributed by atoms with Crippen molar-refractivity contribution in [1.82, 2.24) is 5.43 Å². The van der Waals surface area contributed by atoms with Gasteiger partial charge in [0.2, 0.25) is 0 Å². The Morgan fingerprint density at radius 2 is 2.32 bits per heavy atom. The van der Waals surface area contributed by atoms with Crippen LogP contribution in [0.3, 0.4) is 0 Å². The molecule has 4 atom stereocenters. The van der Waals surface area contributed by atoms with Crippen LogP contribution in [0.25, 0.3) is 0 Å². The zero-order valence-corrected chi connectivity index (χ0v) is 12.4. The first-order valence-electron chi connectivity index (χ1n) is 7.32. The van der Waals surface area contributed by atoms with Crippen molar-refractivity contribution in [3.63, 3.8) is 0 Å². The fourth-order valence-corrected chi connectivity index (χ4v) is 3.52. The maximum Gasteiger partial charge on any atom is 0.0939 e. The third-order valence-electron chi connectivity index (χ3n) is 5.08. The minimum atomic E-state index is -0.239. The van der Waals surface area contributed by atoms with Crippen molar-refractivity contribution in [3.8, 4) is 0 Å². The Hall–Kier alpha value is -0.200. The lowest BCUT2D eigenvalue weighted by Gasteiger charge is -2.45. The molecule has 0 aromatic carbocycles. The van der Waals surface area contributed by atoms with E-state index in [1.54, 1.807) is 7.11 Å². The normalized spacial score (nSPS) is 36.3. The number of rotatable bonds is 5. The van der Waals surface area contributed by atoms with Gasteiger partial charge in [-0.05, 0) is 32.1 Å². The molecular formula is C14H28N2O3. The lowest BCUT2D eigenvalue weighted by atomic mass is 9.75. The van der Waals surface area contributed by atoms with Crippen molar-refractivity contribution in [2.45, 2.75) is 56.8 Å². The molecule has 2 heterocycles. The Balaban J connectivity index is 2.10. The number of ether oxygens (including phenoxy) is 3. The van der Waals surface area contributed by atoms with Crippen molar-refractivity contribution < 1.29 is 14.2 Å². The summed E-state index contributed by atoms with van der Waals surface area (Å²) in [7, 11) is 1.77. The van der Waals surface area contributed by atoms with E-state index in [9.17, 15) is 0 Å². The summed E-state index contributed by atoms with van der Waals surface area (Å²) < 4.78 is 17.3. The van der Waals surface area contributed by atoms with Gasteiger partial charge in [0, 0.05) is 26.7 Å². The number of nitrogens with two attached hydrogens (primary N) is 1. The highest BCUT2D eigenvalue weighted by atomic mass is 16.6. The van der Waals surface area contributed by atoms with E-state index in [2.05, 4.69) is 19.3 Å². The molecule has 1 spiro atoms. The molecule has 2 fully saturated rings. The van der Waals surface area contributed by atoms with Gasteiger partial charge in [0.15, 0.2) is 0 Å². The Bertz CT molecular complexity index is 288. The van der Waals surface area contributed by atoms with Crippen LogP contribution in [0.5, 0.6) is 0 Å². The van der Waals surface area contributed by atoms with Gasteiger partial charge in [0.05, 0.1) is 23.9 Å². The number of nitrogens with one attached hydrogen (secondary N) is 1. The summed E-state index contributed by atoms with van der Waals surface area (Å²) in [5.41, 5.74) is 2.68. The fourth-order valence-electron chi connectivity index (χ4n) is 3.52. The molecule has 4 unspecified atom stereocenters. The summed E-state index contributed by atoms with van der Waals surface area (Å²) in [6, 6.07) is 0.142. The number of hydrazine groups is 1. The van der Waals surface area contributed by atoms with Crippen molar-refractivity contribution in [2.24, 2.45) is 11.8 Å². The molecule has 3 N–H and O–H groups in total. The molecule has 0 saturated carbocycles. The largest absolute Gasteiger partial charge is 0.378 e. The lowest BCUT2D eigenvalue weighted by molar-refractivity contribution is -0.124. The quantitative estimate of drug-likeness (QED) is 0.582. The Labute approximate surface area is 116 Å². The van der Waals surface area contributed by atoms with E-state index in [1.807, 2.05) is 0 Å². The minimum absolute atomic E-state index is 0.0829. The van der Waals surface area contributed by atoms with E-state index >= 15 is 0 Å². The molecular weight excluding hydrogens is 244 g/mol. The maximum atomic E-state index is 6.00. The van der Waals surface area contributed by atoms with Crippen LogP contribution in [-0.2, 0) is 14.2 Å². The molecule has 2 aliphatic rings. The van der Waals surface area contributed by atoms with Gasteiger partial charge in [-0.1, -0.05) is 6.92 Å². The summed E-state index contributed by atoms with van der Waals surface area (Å²) in [4.78, 5) is 0. The van der Waals surface area contributed by atoms with E-state index in [0.29, 0.717) is 5.92 Å². The zero-order chi connectivity index (χ0) is 13.9. The fraction of sp³-hybridized carbons (Fsp3) is 1.00. The summed E-state index contributed by atoms with van der Waals surface area (Å²) >= 11 is 0. The topological polar surface area (TPSA) is 65.7 Å². The first-order chi connectivity index (χ1) is 9.09. The number of methoxy groups -OCH3 is 1. The first-order valence-corrected chi connectivity index (χ1v) is 7.32. The molecule has 112 valence electrons. The highest BCUT2D eigenvalue weighted by Crippen LogP contribution is 2.40. The molecule has 0 radical (unpaired) electrons. The van der Waals surface area contributed by atoms with Crippen LogP contribution in [0.2, 0.25) is 0 Å². The number of hydrogen-bond acceptors (Lipinski definition) is 5. The van der Waals surface area contributed by atoms with Crippen molar-refractivity contribution in [3.05, 3.63) is 0 Å². The molecule has 0 bridgehead atoms. The molecule has 2 saturated heterocycles. The monoisotopic (exact) mass is 272 g/mol. The Kier molecular flexibility index (Phi) is 4.84. The Morgan fingerprint density at radius 1 is 1.53 bits per heavy atom. The van der Waals surface area contributed by atoms with Crippen LogP contribution in [0.1, 0.15) is 39.5 Å². The molecule has 5 heteroatoms. The second-order valence-corrected chi connectivity index (χ2v) is 6.10. The maximum absolute atomic E-state index is 6.00. The van der Waals surface area contributed by atoms with Crippen molar-refractivity contribution in [1.29, 1.82) is 0 Å². The van der Waals surface area contributed by atoms with Gasteiger partial charge in [-0.25, -0.2) is 0 Å². The van der Waals surface area contributed by atoms with E-state index in [0.717, 1.165) is 45.5 Å². The summed E-state index contributed by atoms with van der Waals surface area (Å²) in [6.07, 6.45) is 3.95. The van der Waals surface area contributed by atoms with Crippen LogP contribution in [0.15, 0.2) is 0 Å². The van der Waals surface area contributed by atoms with Gasteiger partial charge in [-0.2, -0.15) is 0 Å². The smallest absolute Gasteiger partial charge is 0.0939 e. The highest BCUT2D eigenvalue weighted by Gasteiger charge is 2.46. The molecule has 0 aliphatic carbocycles. The minimum Gasteiger partial charge on any atom is -0.378 e. The van der Waals surface area contributed by atoms with E-state index in [-0.39, 0.29) is 17.2 Å². The zero-order valence-electron chi connectivity index (χ0n) is 12.4. The van der Waals surface area contributed by atoms with E-state index in [4.69, 9.17) is 20.1 Å². The summed E-state index contributed by atoms with van der Waals surface area (Å²) in [5, 5.41) is 0.